The van der Waals surface area contributed by atoms with Gasteiger partial charge < -0.3 is 10.1 Å². The lowest BCUT2D eigenvalue weighted by Gasteiger charge is -2.09. The molecule has 142 valence electrons. The molecular formula is C20H14ClN7O. The van der Waals surface area contributed by atoms with E-state index in [0.29, 0.717) is 35.0 Å². The van der Waals surface area contributed by atoms with Crippen LogP contribution in [0.25, 0.3) is 11.2 Å². The maximum absolute atomic E-state index is 9.21. The van der Waals surface area contributed by atoms with Gasteiger partial charge in [-0.1, -0.05) is 23.7 Å². The second kappa shape index (κ2) is 8.46. The molecule has 3 aromatic heterocycles. The third kappa shape index (κ3) is 4.20. The van der Waals surface area contributed by atoms with Crippen molar-refractivity contribution in [2.24, 2.45) is 0 Å². The van der Waals surface area contributed by atoms with Gasteiger partial charge in [-0.05, 0) is 24.1 Å². The molecule has 0 aliphatic rings. The lowest BCUT2D eigenvalue weighted by Crippen LogP contribution is -2.08. The van der Waals surface area contributed by atoms with Gasteiger partial charge in [0, 0.05) is 25.1 Å². The zero-order chi connectivity index (χ0) is 20.1. The Balaban J connectivity index is 1.39. The van der Waals surface area contributed by atoms with Crippen molar-refractivity contribution >= 4 is 28.6 Å². The van der Waals surface area contributed by atoms with Gasteiger partial charge in [0.2, 0.25) is 0 Å². The van der Waals surface area contributed by atoms with Crippen molar-refractivity contribution in [3.8, 4) is 17.6 Å². The topological polar surface area (TPSA) is 110 Å². The van der Waals surface area contributed by atoms with E-state index in [0.717, 1.165) is 12.0 Å². The number of fused-ring (bicyclic) bond motifs is 1. The maximum atomic E-state index is 9.21. The Hall–Kier alpha value is -3.83. The molecular weight excluding hydrogens is 390 g/mol. The van der Waals surface area contributed by atoms with E-state index in [4.69, 9.17) is 16.3 Å². The number of benzene rings is 1. The fraction of sp³-hybridized carbons (Fsp3) is 0.100. The SMILES string of the molecule is N#Cc1c(Cl)cncc1Oc1ccc(CCNc2ncnc3nccnc23)cc1. The highest BCUT2D eigenvalue weighted by molar-refractivity contribution is 6.31. The van der Waals surface area contributed by atoms with Crippen LogP contribution < -0.4 is 10.1 Å². The molecule has 8 nitrogen and oxygen atoms in total. The molecule has 0 spiro atoms. The summed E-state index contributed by atoms with van der Waals surface area (Å²) in [6, 6.07) is 9.61. The molecule has 0 aliphatic carbocycles. The van der Waals surface area contributed by atoms with Gasteiger partial charge in [0.25, 0.3) is 0 Å². The van der Waals surface area contributed by atoms with Crippen molar-refractivity contribution in [2.45, 2.75) is 6.42 Å². The molecule has 0 aliphatic heterocycles. The predicted octanol–water partition coefficient (Wildman–Crippen LogP) is 3.79. The van der Waals surface area contributed by atoms with Crippen molar-refractivity contribution in [1.82, 2.24) is 24.9 Å². The summed E-state index contributed by atoms with van der Waals surface area (Å²) in [6.45, 7) is 0.666. The molecule has 0 amide bonds. The number of halogens is 1. The number of nitrogens with zero attached hydrogens (tertiary/aromatic N) is 6. The molecule has 0 saturated heterocycles. The summed E-state index contributed by atoms with van der Waals surface area (Å²) in [6.07, 6.45) is 8.33. The quantitative estimate of drug-likeness (QED) is 0.517. The van der Waals surface area contributed by atoms with Crippen molar-refractivity contribution in [3.63, 3.8) is 0 Å². The summed E-state index contributed by atoms with van der Waals surface area (Å²) in [7, 11) is 0. The Kier molecular flexibility index (Phi) is 5.40. The monoisotopic (exact) mass is 403 g/mol. The summed E-state index contributed by atoms with van der Waals surface area (Å²) in [5.74, 6) is 1.58. The first-order chi connectivity index (χ1) is 14.2. The number of rotatable bonds is 6. The molecule has 0 radical (unpaired) electrons. The molecule has 3 heterocycles. The van der Waals surface area contributed by atoms with E-state index in [9.17, 15) is 5.26 Å². The van der Waals surface area contributed by atoms with Crippen molar-refractivity contribution < 1.29 is 4.74 Å². The van der Waals surface area contributed by atoms with Crippen LogP contribution in [0.4, 0.5) is 5.82 Å². The van der Waals surface area contributed by atoms with Gasteiger partial charge in [0.1, 0.15) is 29.2 Å². The Bertz CT molecular complexity index is 1190. The second-order valence-corrected chi connectivity index (χ2v) is 6.39. The lowest BCUT2D eigenvalue weighted by atomic mass is 10.1. The largest absolute Gasteiger partial charge is 0.454 e. The zero-order valence-electron chi connectivity index (χ0n) is 15.1. The standard InChI is InChI=1S/C20H14ClN7O/c21-16-10-23-11-17(15(16)9-22)29-14-3-1-13(2-4-14)5-6-25-19-18-20(28-12-27-19)26-8-7-24-18/h1-4,7-8,10-12H,5-6H2,(H,25,26,27,28). The summed E-state index contributed by atoms with van der Waals surface area (Å²) < 4.78 is 5.74. The van der Waals surface area contributed by atoms with Gasteiger partial charge in [0.15, 0.2) is 17.2 Å². The third-order valence-electron chi connectivity index (χ3n) is 4.10. The molecule has 1 aromatic carbocycles. The van der Waals surface area contributed by atoms with Crippen LogP contribution in [0.2, 0.25) is 5.02 Å². The molecule has 0 saturated carbocycles. The number of pyridine rings is 1. The van der Waals surface area contributed by atoms with Crippen molar-refractivity contribution in [1.29, 1.82) is 5.26 Å². The van der Waals surface area contributed by atoms with Crippen LogP contribution in [-0.4, -0.2) is 31.5 Å². The Morgan fingerprint density at radius 1 is 1.03 bits per heavy atom. The minimum Gasteiger partial charge on any atom is -0.454 e. The molecule has 9 heteroatoms. The highest BCUT2D eigenvalue weighted by atomic mass is 35.5. The zero-order valence-corrected chi connectivity index (χ0v) is 15.8. The molecule has 0 atom stereocenters. The fourth-order valence-corrected chi connectivity index (χ4v) is 2.90. The number of aromatic nitrogens is 5. The van der Waals surface area contributed by atoms with Crippen molar-refractivity contribution in [2.75, 3.05) is 11.9 Å². The molecule has 0 unspecified atom stereocenters. The van der Waals surface area contributed by atoms with Gasteiger partial charge >= 0.3 is 0 Å². The highest BCUT2D eigenvalue weighted by Gasteiger charge is 2.10. The van der Waals surface area contributed by atoms with Crippen LogP contribution in [0.5, 0.6) is 11.5 Å². The van der Waals surface area contributed by atoms with E-state index in [-0.39, 0.29) is 10.6 Å². The smallest absolute Gasteiger partial charge is 0.183 e. The number of anilines is 1. The first kappa shape index (κ1) is 18.5. The van der Waals surface area contributed by atoms with E-state index in [1.807, 2.05) is 30.3 Å². The summed E-state index contributed by atoms with van der Waals surface area (Å²) in [5, 5.41) is 12.7. The van der Waals surface area contributed by atoms with Gasteiger partial charge in [-0.25, -0.2) is 19.9 Å². The van der Waals surface area contributed by atoms with Gasteiger partial charge in [-0.15, -0.1) is 0 Å². The normalized spacial score (nSPS) is 10.5. The second-order valence-electron chi connectivity index (χ2n) is 5.98. The first-order valence-corrected chi connectivity index (χ1v) is 9.08. The molecule has 4 aromatic rings. The fourth-order valence-electron chi connectivity index (χ4n) is 2.70. The van der Waals surface area contributed by atoms with E-state index in [2.05, 4.69) is 30.2 Å². The number of hydrogen-bond donors (Lipinski definition) is 1. The van der Waals surface area contributed by atoms with Gasteiger partial charge in [-0.2, -0.15) is 5.26 Å². The maximum Gasteiger partial charge on any atom is 0.183 e. The number of nitriles is 1. The van der Waals surface area contributed by atoms with E-state index < -0.39 is 0 Å². The molecule has 0 fully saturated rings. The summed E-state index contributed by atoms with van der Waals surface area (Å²) in [5.41, 5.74) is 2.56. The van der Waals surface area contributed by atoms with Gasteiger partial charge in [0.05, 0.1) is 11.2 Å². The molecule has 4 rings (SSSR count). The van der Waals surface area contributed by atoms with Crippen LogP contribution in [0.1, 0.15) is 11.1 Å². The minimum absolute atomic E-state index is 0.259. The Labute approximate surface area is 171 Å². The third-order valence-corrected chi connectivity index (χ3v) is 4.39. The summed E-state index contributed by atoms with van der Waals surface area (Å²) >= 11 is 5.98. The van der Waals surface area contributed by atoms with Crippen LogP contribution in [0.3, 0.4) is 0 Å². The highest BCUT2D eigenvalue weighted by Crippen LogP contribution is 2.28. The number of ether oxygens (including phenoxy) is 1. The number of hydrogen-bond acceptors (Lipinski definition) is 8. The predicted molar refractivity (Wildman–Crippen MR) is 108 cm³/mol. The Morgan fingerprint density at radius 2 is 1.86 bits per heavy atom. The average molecular weight is 404 g/mol. The summed E-state index contributed by atoms with van der Waals surface area (Å²) in [4.78, 5) is 20.7. The van der Waals surface area contributed by atoms with Crippen LogP contribution in [0.15, 0.2) is 55.4 Å². The Morgan fingerprint density at radius 3 is 2.69 bits per heavy atom. The average Bonchev–Trinajstić information content (AvgIpc) is 2.75. The van der Waals surface area contributed by atoms with Crippen molar-refractivity contribution in [3.05, 3.63) is 71.5 Å². The first-order valence-electron chi connectivity index (χ1n) is 8.70. The molecule has 1 N–H and O–H groups in total. The van der Waals surface area contributed by atoms with Crippen LogP contribution >= 0.6 is 11.6 Å². The van der Waals surface area contributed by atoms with E-state index in [1.165, 1.54) is 18.7 Å². The van der Waals surface area contributed by atoms with Crippen LogP contribution in [-0.2, 0) is 6.42 Å². The minimum atomic E-state index is 0.259. The molecule has 0 bridgehead atoms. The number of nitrogens with one attached hydrogen (secondary N) is 1. The van der Waals surface area contributed by atoms with Gasteiger partial charge in [-0.3, -0.25) is 4.98 Å². The van der Waals surface area contributed by atoms with E-state index in [1.54, 1.807) is 12.4 Å². The van der Waals surface area contributed by atoms with E-state index >= 15 is 0 Å². The lowest BCUT2D eigenvalue weighted by molar-refractivity contribution is 0.478. The molecule has 29 heavy (non-hydrogen) atoms. The van der Waals surface area contributed by atoms with Crippen LogP contribution in [0, 0.1) is 11.3 Å².